The Bertz CT molecular complexity index is 531. The minimum absolute atomic E-state index is 0.127. The lowest BCUT2D eigenvalue weighted by Gasteiger charge is -2.16. The van der Waals surface area contributed by atoms with Gasteiger partial charge in [0.25, 0.3) is 0 Å². The molecule has 20 heavy (non-hydrogen) atoms. The molecular formula is C15H18Cl2N2O. The van der Waals surface area contributed by atoms with Crippen LogP contribution in [0, 0.1) is 11.8 Å². The number of carbonyl (C=O) groups excluding carboxylic acids is 1. The van der Waals surface area contributed by atoms with Crippen LogP contribution in [0.25, 0.3) is 0 Å². The van der Waals surface area contributed by atoms with Crippen LogP contribution in [-0.4, -0.2) is 29.9 Å². The Morgan fingerprint density at radius 2 is 2.00 bits per heavy atom. The number of likely N-dealkylation sites (tertiary alicyclic amines) is 1. The molecule has 1 aliphatic carbocycles. The smallest absolute Gasteiger partial charge is 0.227 e. The van der Waals surface area contributed by atoms with Gasteiger partial charge in [0.05, 0.1) is 16.5 Å². The van der Waals surface area contributed by atoms with Crippen molar-refractivity contribution in [3.63, 3.8) is 0 Å². The van der Waals surface area contributed by atoms with Gasteiger partial charge in [0.15, 0.2) is 0 Å². The zero-order valence-electron chi connectivity index (χ0n) is 11.2. The van der Waals surface area contributed by atoms with E-state index < -0.39 is 0 Å². The summed E-state index contributed by atoms with van der Waals surface area (Å²) < 4.78 is 0. The minimum atomic E-state index is 0.127. The van der Waals surface area contributed by atoms with Gasteiger partial charge in [-0.15, -0.1) is 0 Å². The van der Waals surface area contributed by atoms with Crippen molar-refractivity contribution in [2.75, 3.05) is 13.1 Å². The molecule has 1 amide bonds. The minimum Gasteiger partial charge on any atom is -0.340 e. The topological polar surface area (TPSA) is 46.3 Å². The quantitative estimate of drug-likeness (QED) is 0.932. The number of hydrogen-bond donors (Lipinski definition) is 1. The third-order valence-electron chi connectivity index (χ3n) is 4.33. The molecule has 2 aliphatic rings. The molecule has 5 heteroatoms. The molecule has 3 nitrogen and oxygen atoms in total. The SMILES string of the molecule is N[C@@H]1CN(C(=O)Cc2ccc(Cl)c(Cl)c2)C[C@H]1C1CC1. The molecule has 3 rings (SSSR count). The Morgan fingerprint density at radius 1 is 1.25 bits per heavy atom. The third-order valence-corrected chi connectivity index (χ3v) is 5.07. The van der Waals surface area contributed by atoms with E-state index >= 15 is 0 Å². The first kappa shape index (κ1) is 14.2. The summed E-state index contributed by atoms with van der Waals surface area (Å²) in [4.78, 5) is 14.2. The molecule has 0 unspecified atom stereocenters. The highest BCUT2D eigenvalue weighted by Gasteiger charge is 2.41. The van der Waals surface area contributed by atoms with Crippen LogP contribution in [0.15, 0.2) is 18.2 Å². The molecule has 2 fully saturated rings. The molecule has 1 heterocycles. The molecule has 108 valence electrons. The third kappa shape index (κ3) is 2.95. The van der Waals surface area contributed by atoms with Crippen molar-refractivity contribution in [3.8, 4) is 0 Å². The first-order valence-electron chi connectivity index (χ1n) is 7.02. The summed E-state index contributed by atoms with van der Waals surface area (Å²) in [6.07, 6.45) is 2.90. The number of halogens is 2. The second-order valence-corrected chi connectivity index (χ2v) is 6.70. The van der Waals surface area contributed by atoms with E-state index in [1.165, 1.54) is 12.8 Å². The van der Waals surface area contributed by atoms with Gasteiger partial charge in [0.1, 0.15) is 0 Å². The molecule has 0 aromatic heterocycles. The van der Waals surface area contributed by atoms with E-state index in [1.807, 2.05) is 11.0 Å². The van der Waals surface area contributed by atoms with Crippen molar-refractivity contribution in [3.05, 3.63) is 33.8 Å². The van der Waals surface area contributed by atoms with E-state index in [4.69, 9.17) is 28.9 Å². The van der Waals surface area contributed by atoms with E-state index in [-0.39, 0.29) is 11.9 Å². The predicted molar refractivity (Wildman–Crippen MR) is 80.9 cm³/mol. The van der Waals surface area contributed by atoms with Gasteiger partial charge in [-0.05, 0) is 42.4 Å². The van der Waals surface area contributed by atoms with Crippen molar-refractivity contribution >= 4 is 29.1 Å². The van der Waals surface area contributed by atoms with Crippen molar-refractivity contribution in [1.29, 1.82) is 0 Å². The van der Waals surface area contributed by atoms with Crippen LogP contribution in [0.1, 0.15) is 18.4 Å². The van der Waals surface area contributed by atoms with E-state index in [9.17, 15) is 4.79 Å². The van der Waals surface area contributed by atoms with Gasteiger partial charge in [-0.1, -0.05) is 29.3 Å². The highest BCUT2D eigenvalue weighted by molar-refractivity contribution is 6.42. The number of carbonyl (C=O) groups is 1. The highest BCUT2D eigenvalue weighted by Crippen LogP contribution is 2.40. The summed E-state index contributed by atoms with van der Waals surface area (Å²) in [5.74, 6) is 1.36. The van der Waals surface area contributed by atoms with Crippen molar-refractivity contribution in [2.45, 2.75) is 25.3 Å². The molecule has 1 saturated heterocycles. The number of hydrogen-bond acceptors (Lipinski definition) is 2. The van der Waals surface area contributed by atoms with Crippen LogP contribution in [0.2, 0.25) is 10.0 Å². The fourth-order valence-electron chi connectivity index (χ4n) is 3.02. The first-order chi connectivity index (χ1) is 9.54. The fraction of sp³-hybridized carbons (Fsp3) is 0.533. The average molecular weight is 313 g/mol. The maximum atomic E-state index is 12.3. The highest BCUT2D eigenvalue weighted by atomic mass is 35.5. The Kier molecular flexibility index (Phi) is 3.93. The van der Waals surface area contributed by atoms with Gasteiger partial charge in [-0.2, -0.15) is 0 Å². The van der Waals surface area contributed by atoms with Crippen LogP contribution >= 0.6 is 23.2 Å². The van der Waals surface area contributed by atoms with E-state index in [2.05, 4.69) is 0 Å². The van der Waals surface area contributed by atoms with Gasteiger partial charge >= 0.3 is 0 Å². The number of amides is 1. The maximum absolute atomic E-state index is 12.3. The number of rotatable bonds is 3. The van der Waals surface area contributed by atoms with Crippen molar-refractivity contribution in [1.82, 2.24) is 4.90 Å². The summed E-state index contributed by atoms with van der Waals surface area (Å²) in [7, 11) is 0. The lowest BCUT2D eigenvalue weighted by molar-refractivity contribution is -0.129. The second-order valence-electron chi connectivity index (χ2n) is 5.89. The van der Waals surface area contributed by atoms with Crippen molar-refractivity contribution in [2.24, 2.45) is 17.6 Å². The summed E-state index contributed by atoms with van der Waals surface area (Å²) in [5, 5.41) is 1.01. The molecular weight excluding hydrogens is 295 g/mol. The molecule has 2 atom stereocenters. The summed E-state index contributed by atoms with van der Waals surface area (Å²) >= 11 is 11.9. The van der Waals surface area contributed by atoms with Gasteiger partial charge < -0.3 is 10.6 Å². The van der Waals surface area contributed by atoms with Crippen LogP contribution in [-0.2, 0) is 11.2 Å². The summed E-state index contributed by atoms with van der Waals surface area (Å²) in [6, 6.07) is 5.48. The van der Waals surface area contributed by atoms with Gasteiger partial charge in [0, 0.05) is 19.1 Å². The molecule has 0 bridgehead atoms. The largest absolute Gasteiger partial charge is 0.340 e. The summed E-state index contributed by atoms with van der Waals surface area (Å²) in [6.45, 7) is 1.49. The van der Waals surface area contributed by atoms with E-state index in [0.717, 1.165) is 18.0 Å². The lowest BCUT2D eigenvalue weighted by atomic mass is 9.99. The van der Waals surface area contributed by atoms with Crippen LogP contribution < -0.4 is 5.73 Å². The zero-order valence-corrected chi connectivity index (χ0v) is 12.7. The predicted octanol–water partition coefficient (Wildman–Crippen LogP) is 2.73. The number of nitrogens with zero attached hydrogens (tertiary/aromatic N) is 1. The van der Waals surface area contributed by atoms with Crippen LogP contribution in [0.4, 0.5) is 0 Å². The molecule has 1 saturated carbocycles. The number of benzene rings is 1. The van der Waals surface area contributed by atoms with E-state index in [1.54, 1.807) is 12.1 Å². The Hall–Kier alpha value is -0.770. The normalized spacial score (nSPS) is 26.1. The van der Waals surface area contributed by atoms with Crippen LogP contribution in [0.5, 0.6) is 0 Å². The molecule has 0 spiro atoms. The van der Waals surface area contributed by atoms with Crippen LogP contribution in [0.3, 0.4) is 0 Å². The monoisotopic (exact) mass is 312 g/mol. The second kappa shape index (κ2) is 5.55. The van der Waals surface area contributed by atoms with Gasteiger partial charge in [-0.3, -0.25) is 4.79 Å². The van der Waals surface area contributed by atoms with E-state index in [0.29, 0.717) is 28.9 Å². The Balaban J connectivity index is 1.63. The maximum Gasteiger partial charge on any atom is 0.227 e. The fourth-order valence-corrected chi connectivity index (χ4v) is 3.34. The number of nitrogens with two attached hydrogens (primary N) is 1. The standard InChI is InChI=1S/C15H18Cl2N2O/c16-12-4-1-9(5-13(12)17)6-15(20)19-7-11(10-2-3-10)14(18)8-19/h1,4-5,10-11,14H,2-3,6-8,18H2/t11-,14+/m0/s1. The first-order valence-corrected chi connectivity index (χ1v) is 7.77. The lowest BCUT2D eigenvalue weighted by Crippen LogP contribution is -2.33. The van der Waals surface area contributed by atoms with Crippen molar-refractivity contribution < 1.29 is 4.79 Å². The molecule has 1 aliphatic heterocycles. The molecule has 1 aromatic carbocycles. The molecule has 1 aromatic rings. The van der Waals surface area contributed by atoms with Gasteiger partial charge in [-0.25, -0.2) is 0 Å². The molecule has 0 radical (unpaired) electrons. The summed E-state index contributed by atoms with van der Waals surface area (Å²) in [5.41, 5.74) is 7.05. The zero-order chi connectivity index (χ0) is 14.3. The van der Waals surface area contributed by atoms with Gasteiger partial charge in [0.2, 0.25) is 5.91 Å². The molecule has 2 N–H and O–H groups in total. The Labute approximate surface area is 129 Å². The average Bonchev–Trinajstić information content (AvgIpc) is 3.17. The Morgan fingerprint density at radius 3 is 2.65 bits per heavy atom.